The molecule has 2 aromatic rings. The highest BCUT2D eigenvalue weighted by Gasteiger charge is 2.20. The molecule has 3 rings (SSSR count). The highest BCUT2D eigenvalue weighted by molar-refractivity contribution is 6.32. The van der Waals surface area contributed by atoms with E-state index in [0.29, 0.717) is 35.3 Å². The van der Waals surface area contributed by atoms with E-state index < -0.39 is 0 Å². The van der Waals surface area contributed by atoms with Gasteiger partial charge in [-0.15, -0.1) is 0 Å². The van der Waals surface area contributed by atoms with E-state index in [1.54, 1.807) is 18.3 Å². The molecule has 22 heavy (non-hydrogen) atoms. The molecule has 5 nitrogen and oxygen atoms in total. The standard InChI is InChI=1S/C16H15ClN2O3/c1-10(13-4-2-3-5-18-13)19-16(20)11-8-12(17)15-14(9-11)21-6-7-22-15/h2-5,8-10H,6-7H2,1H3,(H,19,20)/t10-/m1/s1. The Labute approximate surface area is 133 Å². The average molecular weight is 319 g/mol. The van der Waals surface area contributed by atoms with E-state index in [4.69, 9.17) is 21.1 Å². The Morgan fingerprint density at radius 2 is 2.14 bits per heavy atom. The van der Waals surface area contributed by atoms with Gasteiger partial charge in [-0.2, -0.15) is 0 Å². The minimum atomic E-state index is -0.239. The van der Waals surface area contributed by atoms with E-state index >= 15 is 0 Å². The molecule has 1 atom stereocenters. The predicted octanol–water partition coefficient (Wildman–Crippen LogP) is 3.00. The zero-order valence-electron chi connectivity index (χ0n) is 12.0. The molecule has 0 saturated heterocycles. The summed E-state index contributed by atoms with van der Waals surface area (Å²) in [6.07, 6.45) is 1.69. The SMILES string of the molecule is C[C@@H](NC(=O)c1cc(Cl)c2c(c1)OCCO2)c1ccccn1. The minimum absolute atomic E-state index is 0.208. The number of hydrogen-bond acceptors (Lipinski definition) is 4. The van der Waals surface area contributed by atoms with Crippen LogP contribution in [0, 0.1) is 0 Å². The van der Waals surface area contributed by atoms with Crippen LogP contribution < -0.4 is 14.8 Å². The molecule has 1 aliphatic heterocycles. The molecule has 1 amide bonds. The van der Waals surface area contributed by atoms with Gasteiger partial charge in [0.15, 0.2) is 11.5 Å². The molecule has 0 radical (unpaired) electrons. The first-order valence-electron chi connectivity index (χ1n) is 6.96. The molecule has 0 spiro atoms. The Morgan fingerprint density at radius 1 is 1.32 bits per heavy atom. The van der Waals surface area contributed by atoms with Crippen LogP contribution in [0.15, 0.2) is 36.5 Å². The Hall–Kier alpha value is -2.27. The van der Waals surface area contributed by atoms with E-state index in [-0.39, 0.29) is 11.9 Å². The number of rotatable bonds is 3. The quantitative estimate of drug-likeness (QED) is 0.945. The fraction of sp³-hybridized carbons (Fsp3) is 0.250. The zero-order valence-corrected chi connectivity index (χ0v) is 12.8. The molecule has 1 aromatic carbocycles. The molecular weight excluding hydrogens is 304 g/mol. The number of benzene rings is 1. The van der Waals surface area contributed by atoms with Crippen LogP contribution in [0.2, 0.25) is 5.02 Å². The number of pyridine rings is 1. The average Bonchev–Trinajstić information content (AvgIpc) is 2.55. The molecule has 2 heterocycles. The van der Waals surface area contributed by atoms with Crippen LogP contribution in [0.3, 0.4) is 0 Å². The van der Waals surface area contributed by atoms with Crippen molar-refractivity contribution in [2.75, 3.05) is 13.2 Å². The number of amides is 1. The first-order chi connectivity index (χ1) is 10.6. The number of aromatic nitrogens is 1. The number of nitrogens with one attached hydrogen (secondary N) is 1. The Bertz CT molecular complexity index is 691. The lowest BCUT2D eigenvalue weighted by atomic mass is 10.1. The Morgan fingerprint density at radius 3 is 2.91 bits per heavy atom. The van der Waals surface area contributed by atoms with Gasteiger partial charge in [0, 0.05) is 11.8 Å². The van der Waals surface area contributed by atoms with Crippen LogP contribution in [0.1, 0.15) is 29.0 Å². The van der Waals surface area contributed by atoms with Crippen LogP contribution in [0.4, 0.5) is 0 Å². The van der Waals surface area contributed by atoms with E-state index in [0.717, 1.165) is 5.69 Å². The molecule has 1 N–H and O–H groups in total. The highest BCUT2D eigenvalue weighted by atomic mass is 35.5. The maximum Gasteiger partial charge on any atom is 0.251 e. The lowest BCUT2D eigenvalue weighted by Crippen LogP contribution is -2.27. The van der Waals surface area contributed by atoms with Crippen molar-refractivity contribution in [1.82, 2.24) is 10.3 Å². The molecular formula is C16H15ClN2O3. The summed E-state index contributed by atoms with van der Waals surface area (Å²) >= 11 is 6.15. The summed E-state index contributed by atoms with van der Waals surface area (Å²) in [7, 11) is 0. The summed E-state index contributed by atoms with van der Waals surface area (Å²) in [5.41, 5.74) is 1.22. The van der Waals surface area contributed by atoms with Crippen LogP contribution in [0.5, 0.6) is 11.5 Å². The van der Waals surface area contributed by atoms with Gasteiger partial charge in [0.25, 0.3) is 5.91 Å². The maximum atomic E-state index is 12.4. The van der Waals surface area contributed by atoms with E-state index in [2.05, 4.69) is 10.3 Å². The van der Waals surface area contributed by atoms with Crippen molar-refractivity contribution in [3.63, 3.8) is 0 Å². The monoisotopic (exact) mass is 318 g/mol. The van der Waals surface area contributed by atoms with Gasteiger partial charge >= 0.3 is 0 Å². The molecule has 0 unspecified atom stereocenters. The smallest absolute Gasteiger partial charge is 0.251 e. The Balaban J connectivity index is 1.79. The first-order valence-corrected chi connectivity index (χ1v) is 7.34. The van der Waals surface area contributed by atoms with Crippen LogP contribution in [0.25, 0.3) is 0 Å². The number of carbonyl (C=O) groups excluding carboxylic acids is 1. The van der Waals surface area contributed by atoms with Gasteiger partial charge in [-0.3, -0.25) is 9.78 Å². The third-order valence-electron chi connectivity index (χ3n) is 3.34. The van der Waals surface area contributed by atoms with Crippen molar-refractivity contribution < 1.29 is 14.3 Å². The van der Waals surface area contributed by atoms with Crippen LogP contribution >= 0.6 is 11.6 Å². The number of halogens is 1. The topological polar surface area (TPSA) is 60.5 Å². The zero-order chi connectivity index (χ0) is 15.5. The highest BCUT2D eigenvalue weighted by Crippen LogP contribution is 2.38. The lowest BCUT2D eigenvalue weighted by molar-refractivity contribution is 0.0938. The van der Waals surface area contributed by atoms with Gasteiger partial charge in [0.2, 0.25) is 0 Å². The van der Waals surface area contributed by atoms with Gasteiger partial charge in [-0.1, -0.05) is 17.7 Å². The van der Waals surface area contributed by atoms with Gasteiger partial charge in [0.1, 0.15) is 13.2 Å². The van der Waals surface area contributed by atoms with Crippen molar-refractivity contribution in [2.24, 2.45) is 0 Å². The fourth-order valence-corrected chi connectivity index (χ4v) is 2.49. The molecule has 0 aliphatic carbocycles. The van der Waals surface area contributed by atoms with E-state index in [9.17, 15) is 4.79 Å². The van der Waals surface area contributed by atoms with Crippen molar-refractivity contribution in [2.45, 2.75) is 13.0 Å². The number of fused-ring (bicyclic) bond motifs is 1. The number of hydrogen-bond donors (Lipinski definition) is 1. The molecule has 1 aliphatic rings. The van der Waals surface area contributed by atoms with Crippen LogP contribution in [-0.4, -0.2) is 24.1 Å². The summed E-state index contributed by atoms with van der Waals surface area (Å²) in [6, 6.07) is 8.59. The van der Waals surface area contributed by atoms with Gasteiger partial charge in [0.05, 0.1) is 16.8 Å². The van der Waals surface area contributed by atoms with Crippen molar-refractivity contribution in [1.29, 1.82) is 0 Å². The normalized spacial score (nSPS) is 14.3. The second-order valence-corrected chi connectivity index (χ2v) is 5.34. The third kappa shape index (κ3) is 2.99. The van der Waals surface area contributed by atoms with Crippen LogP contribution in [-0.2, 0) is 0 Å². The van der Waals surface area contributed by atoms with E-state index in [1.165, 1.54) is 0 Å². The van der Waals surface area contributed by atoms with E-state index in [1.807, 2.05) is 25.1 Å². The number of nitrogens with zero attached hydrogens (tertiary/aromatic N) is 1. The number of ether oxygens (including phenoxy) is 2. The van der Waals surface area contributed by atoms with Gasteiger partial charge < -0.3 is 14.8 Å². The Kier molecular flexibility index (Phi) is 4.15. The summed E-state index contributed by atoms with van der Waals surface area (Å²) in [5.74, 6) is 0.744. The van der Waals surface area contributed by atoms with Gasteiger partial charge in [-0.25, -0.2) is 0 Å². The lowest BCUT2D eigenvalue weighted by Gasteiger charge is -2.20. The molecule has 0 saturated carbocycles. The number of carbonyl (C=O) groups is 1. The second kappa shape index (κ2) is 6.23. The molecule has 114 valence electrons. The predicted molar refractivity (Wildman–Crippen MR) is 82.6 cm³/mol. The largest absolute Gasteiger partial charge is 0.486 e. The second-order valence-electron chi connectivity index (χ2n) is 4.93. The van der Waals surface area contributed by atoms with Gasteiger partial charge in [-0.05, 0) is 31.2 Å². The minimum Gasteiger partial charge on any atom is -0.486 e. The van der Waals surface area contributed by atoms with Crippen molar-refractivity contribution >= 4 is 17.5 Å². The first kappa shape index (κ1) is 14.7. The molecule has 0 bridgehead atoms. The van der Waals surface area contributed by atoms with Crippen molar-refractivity contribution in [3.8, 4) is 11.5 Å². The summed E-state index contributed by atoms with van der Waals surface area (Å²) in [5, 5.41) is 3.26. The molecule has 6 heteroatoms. The summed E-state index contributed by atoms with van der Waals surface area (Å²) in [6.45, 7) is 2.77. The van der Waals surface area contributed by atoms with Crippen molar-refractivity contribution in [3.05, 3.63) is 52.8 Å². The summed E-state index contributed by atoms with van der Waals surface area (Å²) in [4.78, 5) is 16.6. The molecule has 0 fully saturated rings. The third-order valence-corrected chi connectivity index (χ3v) is 3.62. The summed E-state index contributed by atoms with van der Waals surface area (Å²) < 4.78 is 10.9. The maximum absolute atomic E-state index is 12.4. The molecule has 1 aromatic heterocycles. The fourth-order valence-electron chi connectivity index (χ4n) is 2.23.